The minimum absolute atomic E-state index is 0.0453. The molecule has 2 unspecified atom stereocenters. The van der Waals surface area contributed by atoms with E-state index < -0.39 is 0 Å². The van der Waals surface area contributed by atoms with Gasteiger partial charge in [-0.2, -0.15) is 0 Å². The number of benzene rings is 7. The van der Waals surface area contributed by atoms with Crippen LogP contribution in [0.3, 0.4) is 0 Å². The Morgan fingerprint density at radius 3 is 1.36 bits per heavy atom. The van der Waals surface area contributed by atoms with Crippen LogP contribution in [0.2, 0.25) is 0 Å². The Kier molecular flexibility index (Phi) is 10.2. The lowest BCUT2D eigenvalue weighted by atomic mass is 9.89. The van der Waals surface area contributed by atoms with Crippen molar-refractivity contribution in [3.63, 3.8) is 0 Å². The molecule has 1 aromatic heterocycles. The van der Waals surface area contributed by atoms with Crippen LogP contribution < -0.4 is 0 Å². The fraction of sp³-hybridized carbons (Fsp3) is 0.154. The molecule has 8 rings (SSSR count). The zero-order chi connectivity index (χ0) is 38.8. The van der Waals surface area contributed by atoms with E-state index in [-0.39, 0.29) is 11.8 Å². The number of hydrogen-bond donors (Lipinski definition) is 2. The second-order valence-corrected chi connectivity index (χ2v) is 14.8. The first-order valence-corrected chi connectivity index (χ1v) is 19.7. The Hall–Kier alpha value is -6.52. The summed E-state index contributed by atoms with van der Waals surface area (Å²) in [7, 11) is 0. The van der Waals surface area contributed by atoms with Crippen molar-refractivity contribution in [2.75, 3.05) is 0 Å². The van der Waals surface area contributed by atoms with Crippen molar-refractivity contribution in [1.29, 1.82) is 10.8 Å². The summed E-state index contributed by atoms with van der Waals surface area (Å²) in [5.41, 5.74) is 14.4. The van der Waals surface area contributed by atoms with E-state index in [1.807, 2.05) is 42.5 Å². The number of aromatic nitrogens is 1. The third-order valence-corrected chi connectivity index (χ3v) is 11.5. The minimum Gasteiger partial charge on any atom is -0.421 e. The lowest BCUT2D eigenvalue weighted by molar-refractivity contribution is 0.538. The molecule has 4 heteroatoms. The molecule has 2 N–H and O–H groups in total. The van der Waals surface area contributed by atoms with Crippen LogP contribution in [0.5, 0.6) is 0 Å². The molecule has 56 heavy (non-hydrogen) atoms. The summed E-state index contributed by atoms with van der Waals surface area (Å²) in [5.74, 6) is 0.918. The molecule has 2 atom stereocenters. The van der Waals surface area contributed by atoms with Crippen molar-refractivity contribution in [3.8, 4) is 39.1 Å². The van der Waals surface area contributed by atoms with Gasteiger partial charge in [-0.3, -0.25) is 10.8 Å². The third-order valence-electron chi connectivity index (χ3n) is 11.5. The van der Waals surface area contributed by atoms with Crippen LogP contribution in [0.25, 0.3) is 60.9 Å². The van der Waals surface area contributed by atoms with E-state index in [1.54, 1.807) is 12.1 Å². The van der Waals surface area contributed by atoms with E-state index in [2.05, 4.69) is 141 Å². The van der Waals surface area contributed by atoms with E-state index in [0.29, 0.717) is 23.0 Å². The highest BCUT2D eigenvalue weighted by Crippen LogP contribution is 2.40. The molecule has 0 bridgehead atoms. The second kappa shape index (κ2) is 15.7. The van der Waals surface area contributed by atoms with Crippen LogP contribution in [0.1, 0.15) is 74.6 Å². The molecule has 0 saturated heterocycles. The molecule has 0 spiro atoms. The predicted molar refractivity (Wildman–Crippen MR) is 236 cm³/mol. The van der Waals surface area contributed by atoms with Crippen molar-refractivity contribution in [1.82, 2.24) is 4.57 Å². The largest absolute Gasteiger partial charge is 0.421 e. The van der Waals surface area contributed by atoms with Gasteiger partial charge in [-0.25, -0.2) is 0 Å². The van der Waals surface area contributed by atoms with E-state index in [9.17, 15) is 0 Å². The summed E-state index contributed by atoms with van der Waals surface area (Å²) in [6.07, 6.45) is 2.23. The number of nitrogens with zero attached hydrogens (tertiary/aromatic N) is 1. The van der Waals surface area contributed by atoms with Gasteiger partial charge in [0.25, 0.3) is 0 Å². The molecule has 0 saturated carbocycles. The van der Waals surface area contributed by atoms with Gasteiger partial charge in [-0.05, 0) is 130 Å². The number of ether oxygens (including phenoxy) is 1. The van der Waals surface area contributed by atoms with Crippen LogP contribution in [-0.4, -0.2) is 16.4 Å². The highest BCUT2D eigenvalue weighted by Gasteiger charge is 2.18. The molecule has 1 heterocycles. The number of hydrogen-bond acceptors (Lipinski definition) is 3. The van der Waals surface area contributed by atoms with E-state index in [4.69, 9.17) is 15.6 Å². The van der Waals surface area contributed by atoms with Crippen molar-refractivity contribution < 1.29 is 4.74 Å². The molecule has 0 fully saturated rings. The van der Waals surface area contributed by atoms with Crippen molar-refractivity contribution in [2.24, 2.45) is 0 Å². The van der Waals surface area contributed by atoms with Gasteiger partial charge >= 0.3 is 0 Å². The van der Waals surface area contributed by atoms with Gasteiger partial charge in [0.1, 0.15) is 0 Å². The summed E-state index contributed by atoms with van der Waals surface area (Å²) in [4.78, 5) is 0. The molecule has 0 aliphatic carbocycles. The topological polar surface area (TPSA) is 61.9 Å². The number of rotatable bonds is 10. The van der Waals surface area contributed by atoms with Crippen LogP contribution in [0, 0.1) is 10.8 Å². The Bertz CT molecular complexity index is 2620. The quantitative estimate of drug-likeness (QED) is 0.107. The first kappa shape index (κ1) is 36.5. The molecular weight excluding hydrogens is 683 g/mol. The van der Waals surface area contributed by atoms with E-state index in [1.165, 1.54) is 32.9 Å². The minimum atomic E-state index is -0.0555. The van der Waals surface area contributed by atoms with Crippen molar-refractivity contribution in [2.45, 2.75) is 52.4 Å². The maximum Gasteiger partial charge on any atom is 0.221 e. The SMILES string of the molecule is CCC(C)c1ccc2c(c1)c1cc(C(C)CC)ccc1n2-c1ccc(-c2ccccc2-c2ccccc2-c2ccc(C(=N)OC(=N)c3ccccc3)cc2)cc1. The lowest BCUT2D eigenvalue weighted by Crippen LogP contribution is -2.12. The Balaban J connectivity index is 1.13. The van der Waals surface area contributed by atoms with Gasteiger partial charge < -0.3 is 9.30 Å². The molecular formula is C52H47N3O. The van der Waals surface area contributed by atoms with Crippen LogP contribution in [0.15, 0.2) is 164 Å². The fourth-order valence-corrected chi connectivity index (χ4v) is 7.76. The summed E-state index contributed by atoms with van der Waals surface area (Å²) < 4.78 is 8.03. The summed E-state index contributed by atoms with van der Waals surface area (Å²) >= 11 is 0. The zero-order valence-electron chi connectivity index (χ0n) is 32.5. The van der Waals surface area contributed by atoms with Crippen molar-refractivity contribution in [3.05, 3.63) is 186 Å². The smallest absolute Gasteiger partial charge is 0.221 e. The third kappa shape index (κ3) is 6.95. The van der Waals surface area contributed by atoms with E-state index in [0.717, 1.165) is 51.9 Å². The molecule has 0 radical (unpaired) electrons. The highest BCUT2D eigenvalue weighted by molar-refractivity contribution is 6.10. The molecule has 7 aromatic carbocycles. The summed E-state index contributed by atoms with van der Waals surface area (Å²) in [6, 6.07) is 57.3. The fourth-order valence-electron chi connectivity index (χ4n) is 7.76. The second-order valence-electron chi connectivity index (χ2n) is 14.8. The van der Waals surface area contributed by atoms with Crippen molar-refractivity contribution >= 4 is 33.6 Å². The van der Waals surface area contributed by atoms with Gasteiger partial charge in [0, 0.05) is 27.6 Å². The van der Waals surface area contributed by atoms with Crippen LogP contribution >= 0.6 is 0 Å². The summed E-state index contributed by atoms with van der Waals surface area (Å²) in [5, 5.41) is 19.5. The number of fused-ring (bicyclic) bond motifs is 3. The van der Waals surface area contributed by atoms with Crippen LogP contribution in [-0.2, 0) is 4.74 Å². The molecule has 8 aromatic rings. The number of nitrogens with one attached hydrogen (secondary N) is 2. The van der Waals surface area contributed by atoms with Gasteiger partial charge in [-0.1, -0.05) is 131 Å². The molecule has 4 nitrogen and oxygen atoms in total. The lowest BCUT2D eigenvalue weighted by Gasteiger charge is -2.16. The first-order valence-electron chi connectivity index (χ1n) is 19.7. The molecule has 0 amide bonds. The van der Waals surface area contributed by atoms with Crippen LogP contribution in [0.4, 0.5) is 0 Å². The standard InChI is InChI=1S/C52H47N3O/c1-5-34(3)40-26-30-49-47(32-40)48-33-41(35(4)6-2)27-31-50(48)55(49)42-28-24-37(25-29-42)44-17-11-13-19-46(44)45-18-12-10-16-43(45)36-20-22-39(23-21-36)52(54)56-51(53)38-14-8-7-9-15-38/h7-35,53-54H,5-6H2,1-4H3. The predicted octanol–water partition coefficient (Wildman–Crippen LogP) is 14.2. The highest BCUT2D eigenvalue weighted by atomic mass is 16.5. The van der Waals surface area contributed by atoms with Gasteiger partial charge in [0.15, 0.2) is 0 Å². The van der Waals surface area contributed by atoms with E-state index >= 15 is 0 Å². The zero-order valence-corrected chi connectivity index (χ0v) is 32.5. The average molecular weight is 730 g/mol. The Morgan fingerprint density at radius 2 is 0.893 bits per heavy atom. The summed E-state index contributed by atoms with van der Waals surface area (Å²) in [6.45, 7) is 9.17. The molecule has 0 aliphatic rings. The average Bonchev–Trinajstić information content (AvgIpc) is 3.59. The van der Waals surface area contributed by atoms with Gasteiger partial charge in [0.2, 0.25) is 11.8 Å². The first-order chi connectivity index (χ1) is 27.3. The van der Waals surface area contributed by atoms with Gasteiger partial charge in [0.05, 0.1) is 11.0 Å². The maximum atomic E-state index is 8.52. The maximum absolute atomic E-state index is 8.52. The Labute approximate surface area is 330 Å². The monoisotopic (exact) mass is 729 g/mol. The Morgan fingerprint density at radius 1 is 0.482 bits per heavy atom. The normalized spacial score (nSPS) is 12.4. The molecule has 0 aliphatic heterocycles. The molecule has 276 valence electrons. The van der Waals surface area contributed by atoms with Gasteiger partial charge in [-0.15, -0.1) is 0 Å².